The van der Waals surface area contributed by atoms with E-state index in [-0.39, 0.29) is 16.9 Å². The highest BCUT2D eigenvalue weighted by Gasteiger charge is 2.43. The fraction of sp³-hybridized carbons (Fsp3) is 0.462. The van der Waals surface area contributed by atoms with Crippen LogP contribution >= 0.6 is 0 Å². The molecule has 0 spiro atoms. The zero-order valence-electron chi connectivity index (χ0n) is 9.55. The monoisotopic (exact) mass is 222 g/mol. The summed E-state index contributed by atoms with van der Waals surface area (Å²) in [4.78, 5) is 11.8. The normalized spacial score (nSPS) is 16.9. The molecule has 0 N–H and O–H groups in total. The lowest BCUT2D eigenvalue weighted by Gasteiger charge is -2.08. The molecule has 3 heteroatoms. The number of ketones is 1. The lowest BCUT2D eigenvalue weighted by Crippen LogP contribution is -2.14. The van der Waals surface area contributed by atoms with Crippen molar-refractivity contribution in [1.82, 2.24) is 0 Å². The van der Waals surface area contributed by atoms with E-state index in [0.29, 0.717) is 6.42 Å². The number of hydrogen-bond acceptors (Lipinski definition) is 2. The van der Waals surface area contributed by atoms with Crippen LogP contribution < -0.4 is 4.74 Å². The van der Waals surface area contributed by atoms with Crippen LogP contribution in [0.2, 0.25) is 0 Å². The zero-order chi connectivity index (χ0) is 11.8. The molecular formula is C13H15FO2. The molecule has 0 bridgehead atoms. The Balaban J connectivity index is 2.10. The third kappa shape index (κ3) is 2.08. The maximum absolute atomic E-state index is 13.4. The number of ether oxygens (including phenoxy) is 1. The average molecular weight is 222 g/mol. The molecule has 1 fully saturated rings. The predicted octanol–water partition coefficient (Wildman–Crippen LogP) is 2.75. The van der Waals surface area contributed by atoms with Gasteiger partial charge >= 0.3 is 0 Å². The van der Waals surface area contributed by atoms with Gasteiger partial charge in [0, 0.05) is 11.8 Å². The number of methoxy groups -OCH3 is 1. The van der Waals surface area contributed by atoms with Crippen molar-refractivity contribution < 1.29 is 13.9 Å². The second-order valence-corrected chi connectivity index (χ2v) is 4.63. The fourth-order valence-corrected chi connectivity index (χ4v) is 1.68. The molecule has 2 rings (SSSR count). The minimum Gasteiger partial charge on any atom is -0.494 e. The molecule has 0 atom stereocenters. The van der Waals surface area contributed by atoms with Gasteiger partial charge in [-0.1, -0.05) is 13.0 Å². The van der Waals surface area contributed by atoms with Crippen molar-refractivity contribution in [2.75, 3.05) is 7.11 Å². The van der Waals surface area contributed by atoms with Crippen LogP contribution in [0.4, 0.5) is 4.39 Å². The minimum absolute atomic E-state index is 0.142. The highest BCUT2D eigenvalue weighted by atomic mass is 19.1. The molecule has 0 unspecified atom stereocenters. The summed E-state index contributed by atoms with van der Waals surface area (Å²) in [6.07, 6.45) is 2.24. The first-order valence-corrected chi connectivity index (χ1v) is 5.41. The van der Waals surface area contributed by atoms with Crippen molar-refractivity contribution in [1.29, 1.82) is 0 Å². The van der Waals surface area contributed by atoms with E-state index in [1.54, 1.807) is 12.1 Å². The van der Waals surface area contributed by atoms with E-state index in [9.17, 15) is 9.18 Å². The second-order valence-electron chi connectivity index (χ2n) is 4.63. The summed E-state index contributed by atoms with van der Waals surface area (Å²) in [6.45, 7) is 1.97. The van der Waals surface area contributed by atoms with Crippen LogP contribution in [0.1, 0.15) is 25.3 Å². The van der Waals surface area contributed by atoms with Gasteiger partial charge in [0.2, 0.25) is 0 Å². The van der Waals surface area contributed by atoms with Crippen molar-refractivity contribution in [3.8, 4) is 5.75 Å². The van der Waals surface area contributed by atoms with Crippen LogP contribution in [0.3, 0.4) is 0 Å². The van der Waals surface area contributed by atoms with Crippen LogP contribution in [-0.2, 0) is 11.2 Å². The first kappa shape index (κ1) is 11.1. The summed E-state index contributed by atoms with van der Waals surface area (Å²) in [5.41, 5.74) is 0.576. The van der Waals surface area contributed by atoms with Gasteiger partial charge < -0.3 is 4.74 Å². The van der Waals surface area contributed by atoms with E-state index >= 15 is 0 Å². The molecule has 1 saturated carbocycles. The highest BCUT2D eigenvalue weighted by molar-refractivity contribution is 5.88. The molecule has 1 aliphatic rings. The molecule has 2 nitrogen and oxygen atoms in total. The number of carbonyl (C=O) groups is 1. The van der Waals surface area contributed by atoms with Crippen LogP contribution in [0.25, 0.3) is 0 Å². The van der Waals surface area contributed by atoms with E-state index in [0.717, 1.165) is 18.4 Å². The maximum Gasteiger partial charge on any atom is 0.165 e. The van der Waals surface area contributed by atoms with Gasteiger partial charge in [0.25, 0.3) is 0 Å². The Kier molecular flexibility index (Phi) is 2.70. The quantitative estimate of drug-likeness (QED) is 0.783. The van der Waals surface area contributed by atoms with Crippen molar-refractivity contribution >= 4 is 5.78 Å². The van der Waals surface area contributed by atoms with Crippen LogP contribution in [-0.4, -0.2) is 12.9 Å². The summed E-state index contributed by atoms with van der Waals surface area (Å²) in [6, 6.07) is 4.68. The first-order valence-electron chi connectivity index (χ1n) is 5.41. The third-order valence-electron chi connectivity index (χ3n) is 3.25. The number of carbonyl (C=O) groups excluding carboxylic acids is 1. The van der Waals surface area contributed by atoms with Gasteiger partial charge in [-0.25, -0.2) is 4.39 Å². The Hall–Kier alpha value is -1.38. The van der Waals surface area contributed by atoms with Crippen molar-refractivity contribution in [2.24, 2.45) is 5.41 Å². The summed E-state index contributed by atoms with van der Waals surface area (Å²) >= 11 is 0. The Morgan fingerprint density at radius 2 is 2.19 bits per heavy atom. The molecule has 0 amide bonds. The minimum atomic E-state index is -0.409. The number of hydrogen-bond donors (Lipinski definition) is 0. The standard InChI is InChI=1S/C13H15FO2/c1-13(5-6-13)12(15)8-9-3-4-11(16-2)10(14)7-9/h3-4,7H,5-6,8H2,1-2H3. The lowest BCUT2D eigenvalue weighted by molar-refractivity contribution is -0.122. The van der Waals surface area contributed by atoms with E-state index in [2.05, 4.69) is 0 Å². The molecular weight excluding hydrogens is 207 g/mol. The van der Waals surface area contributed by atoms with Gasteiger partial charge in [0.15, 0.2) is 11.6 Å². The molecule has 1 aliphatic carbocycles. The molecule has 0 radical (unpaired) electrons. The molecule has 1 aromatic carbocycles. The van der Waals surface area contributed by atoms with E-state index in [1.165, 1.54) is 13.2 Å². The van der Waals surface area contributed by atoms with Gasteiger partial charge in [-0.2, -0.15) is 0 Å². The van der Waals surface area contributed by atoms with Crippen LogP contribution in [0.15, 0.2) is 18.2 Å². The second kappa shape index (κ2) is 3.89. The predicted molar refractivity (Wildman–Crippen MR) is 59.0 cm³/mol. The lowest BCUT2D eigenvalue weighted by atomic mass is 9.97. The van der Waals surface area contributed by atoms with E-state index < -0.39 is 5.82 Å². The molecule has 16 heavy (non-hydrogen) atoms. The highest BCUT2D eigenvalue weighted by Crippen LogP contribution is 2.46. The van der Waals surface area contributed by atoms with Crippen molar-refractivity contribution in [2.45, 2.75) is 26.2 Å². The van der Waals surface area contributed by atoms with Gasteiger partial charge in [-0.3, -0.25) is 4.79 Å². The van der Waals surface area contributed by atoms with Gasteiger partial charge in [-0.05, 0) is 30.5 Å². The third-order valence-corrected chi connectivity index (χ3v) is 3.25. The largest absolute Gasteiger partial charge is 0.494 e. The molecule has 0 aliphatic heterocycles. The van der Waals surface area contributed by atoms with Gasteiger partial charge in [0.1, 0.15) is 5.78 Å². The first-order chi connectivity index (χ1) is 7.55. The molecule has 1 aromatic rings. The Bertz CT molecular complexity index is 422. The zero-order valence-corrected chi connectivity index (χ0v) is 9.55. The molecule has 0 saturated heterocycles. The number of halogens is 1. The van der Waals surface area contributed by atoms with Crippen molar-refractivity contribution in [3.63, 3.8) is 0 Å². The van der Waals surface area contributed by atoms with Crippen LogP contribution in [0, 0.1) is 11.2 Å². The maximum atomic E-state index is 13.4. The van der Waals surface area contributed by atoms with E-state index in [1.807, 2.05) is 6.92 Å². The summed E-state index contributed by atoms with van der Waals surface area (Å²) in [5.74, 6) is 0.0136. The molecule has 0 aromatic heterocycles. The van der Waals surface area contributed by atoms with Gasteiger partial charge in [0.05, 0.1) is 7.11 Å². The number of Topliss-reactive ketones (excluding diaryl/α,β-unsaturated/α-hetero) is 1. The SMILES string of the molecule is COc1ccc(CC(=O)C2(C)CC2)cc1F. The average Bonchev–Trinajstić information content (AvgIpc) is 2.98. The fourth-order valence-electron chi connectivity index (χ4n) is 1.68. The molecule has 0 heterocycles. The summed E-state index contributed by atoms with van der Waals surface area (Å²) in [7, 11) is 1.43. The number of rotatable bonds is 4. The number of benzene rings is 1. The molecule has 86 valence electrons. The van der Waals surface area contributed by atoms with Gasteiger partial charge in [-0.15, -0.1) is 0 Å². The Morgan fingerprint density at radius 1 is 1.50 bits per heavy atom. The summed E-state index contributed by atoms with van der Waals surface area (Å²) in [5, 5.41) is 0. The Labute approximate surface area is 94.4 Å². The van der Waals surface area contributed by atoms with Crippen LogP contribution in [0.5, 0.6) is 5.75 Å². The smallest absolute Gasteiger partial charge is 0.165 e. The Morgan fingerprint density at radius 3 is 2.69 bits per heavy atom. The topological polar surface area (TPSA) is 26.3 Å². The van der Waals surface area contributed by atoms with Crippen molar-refractivity contribution in [3.05, 3.63) is 29.6 Å². The summed E-state index contributed by atoms with van der Waals surface area (Å²) < 4.78 is 18.2. The van der Waals surface area contributed by atoms with E-state index in [4.69, 9.17) is 4.74 Å².